The van der Waals surface area contributed by atoms with Crippen molar-refractivity contribution in [2.75, 3.05) is 56.2 Å². The molecule has 0 bridgehead atoms. The standard InChI is InChI=1S/C29H39F2N7O2/c1-19-15-22(16-20(2)40-19)36-9-7-21(8-10-36)18-32-25-17-26(35-29(34-25)37-11-13-39-14-12-37)38-24-6-4-3-5-23(24)33-28(38)27(30)31/h3-6,17,19-22,27H,7-16,18H2,1-2H3,(H,32,34,35)/t19-,20+,22-. The molecule has 0 amide bonds. The number of anilines is 2. The smallest absolute Gasteiger partial charge is 0.296 e. The molecule has 0 radical (unpaired) electrons. The summed E-state index contributed by atoms with van der Waals surface area (Å²) in [6, 6.07) is 9.54. The van der Waals surface area contributed by atoms with Gasteiger partial charge in [0.25, 0.3) is 6.43 Å². The van der Waals surface area contributed by atoms with Crippen LogP contribution < -0.4 is 10.2 Å². The lowest BCUT2D eigenvalue weighted by Crippen LogP contribution is -2.48. The summed E-state index contributed by atoms with van der Waals surface area (Å²) in [6.07, 6.45) is 2.33. The third kappa shape index (κ3) is 5.91. The quantitative estimate of drug-likeness (QED) is 0.451. The van der Waals surface area contributed by atoms with Crippen molar-refractivity contribution in [1.29, 1.82) is 0 Å². The van der Waals surface area contributed by atoms with E-state index >= 15 is 0 Å². The van der Waals surface area contributed by atoms with E-state index < -0.39 is 6.43 Å². The highest BCUT2D eigenvalue weighted by atomic mass is 19.3. The number of fused-ring (bicyclic) bond motifs is 1. The van der Waals surface area contributed by atoms with E-state index in [1.165, 1.54) is 4.57 Å². The van der Waals surface area contributed by atoms with E-state index in [1.54, 1.807) is 24.3 Å². The van der Waals surface area contributed by atoms with Crippen LogP contribution in [0, 0.1) is 5.92 Å². The van der Waals surface area contributed by atoms with Gasteiger partial charge in [0.15, 0.2) is 5.82 Å². The third-order valence-corrected chi connectivity index (χ3v) is 8.42. The number of ether oxygens (including phenoxy) is 2. The number of hydrogen-bond donors (Lipinski definition) is 1. The number of alkyl halides is 2. The normalized spacial score (nSPS) is 25.1. The highest BCUT2D eigenvalue weighted by Gasteiger charge is 2.31. The van der Waals surface area contributed by atoms with Crippen LogP contribution in [0.25, 0.3) is 16.9 Å². The summed E-state index contributed by atoms with van der Waals surface area (Å²) in [5.74, 6) is 1.74. The molecule has 3 saturated heterocycles. The van der Waals surface area contributed by atoms with E-state index in [4.69, 9.17) is 19.4 Å². The van der Waals surface area contributed by atoms with Gasteiger partial charge in [0.2, 0.25) is 5.95 Å². The Hall–Kier alpha value is -2.89. The van der Waals surface area contributed by atoms with Gasteiger partial charge < -0.3 is 24.6 Å². The molecule has 9 nitrogen and oxygen atoms in total. The van der Waals surface area contributed by atoms with Crippen LogP contribution in [0.3, 0.4) is 0 Å². The lowest BCUT2D eigenvalue weighted by atomic mass is 9.92. The molecule has 0 unspecified atom stereocenters. The van der Waals surface area contributed by atoms with Gasteiger partial charge in [0.05, 0.1) is 36.5 Å². The molecule has 6 rings (SSSR count). The second kappa shape index (κ2) is 11.9. The number of nitrogens with zero attached hydrogens (tertiary/aromatic N) is 6. The minimum atomic E-state index is -2.74. The molecular weight excluding hydrogens is 516 g/mol. The summed E-state index contributed by atoms with van der Waals surface area (Å²) in [7, 11) is 0. The van der Waals surface area contributed by atoms with Gasteiger partial charge in [-0.1, -0.05) is 12.1 Å². The third-order valence-electron chi connectivity index (χ3n) is 8.42. The van der Waals surface area contributed by atoms with Crippen LogP contribution in [0.15, 0.2) is 30.3 Å². The number of halogens is 2. The minimum absolute atomic E-state index is 0.317. The van der Waals surface area contributed by atoms with Gasteiger partial charge in [-0.15, -0.1) is 0 Å². The second-order valence-electron chi connectivity index (χ2n) is 11.3. The maximum Gasteiger partial charge on any atom is 0.296 e. The molecule has 3 aromatic rings. The van der Waals surface area contributed by atoms with Crippen LogP contribution >= 0.6 is 0 Å². The van der Waals surface area contributed by atoms with Crippen LogP contribution in [0.1, 0.15) is 51.8 Å². The molecule has 0 aliphatic carbocycles. The van der Waals surface area contributed by atoms with Gasteiger partial charge in [0.1, 0.15) is 11.6 Å². The molecular formula is C29H39F2N7O2. The monoisotopic (exact) mass is 555 g/mol. The molecule has 2 aromatic heterocycles. The number of likely N-dealkylation sites (tertiary alicyclic amines) is 1. The number of hydrogen-bond acceptors (Lipinski definition) is 8. The lowest BCUT2D eigenvalue weighted by Gasteiger charge is -2.42. The molecule has 3 aliphatic heterocycles. The summed E-state index contributed by atoms with van der Waals surface area (Å²) in [4.78, 5) is 18.5. The van der Waals surface area contributed by atoms with Crippen LogP contribution in [0.5, 0.6) is 0 Å². The van der Waals surface area contributed by atoms with Crippen molar-refractivity contribution in [3.63, 3.8) is 0 Å². The van der Waals surface area contributed by atoms with Crippen LogP contribution in [0.4, 0.5) is 20.5 Å². The summed E-state index contributed by atoms with van der Waals surface area (Å²) >= 11 is 0. The average Bonchev–Trinajstić information content (AvgIpc) is 3.36. The highest BCUT2D eigenvalue weighted by Crippen LogP contribution is 2.30. The van der Waals surface area contributed by atoms with E-state index in [0.29, 0.717) is 79.1 Å². The van der Waals surface area contributed by atoms with E-state index in [-0.39, 0.29) is 5.82 Å². The van der Waals surface area contributed by atoms with Gasteiger partial charge in [-0.25, -0.2) is 13.8 Å². The minimum Gasteiger partial charge on any atom is -0.378 e. The van der Waals surface area contributed by atoms with E-state index in [1.807, 2.05) is 11.0 Å². The first-order valence-electron chi connectivity index (χ1n) is 14.6. The fourth-order valence-corrected chi connectivity index (χ4v) is 6.40. The number of benzene rings is 1. The molecule has 3 fully saturated rings. The Morgan fingerprint density at radius 1 is 0.975 bits per heavy atom. The van der Waals surface area contributed by atoms with Gasteiger partial charge in [0, 0.05) is 31.7 Å². The average molecular weight is 556 g/mol. The van der Waals surface area contributed by atoms with Crippen molar-refractivity contribution in [2.24, 2.45) is 5.92 Å². The topological polar surface area (TPSA) is 80.6 Å². The van der Waals surface area contributed by atoms with Crippen molar-refractivity contribution in [2.45, 2.75) is 64.2 Å². The maximum atomic E-state index is 14.1. The number of imidazole rings is 1. The van der Waals surface area contributed by atoms with Crippen molar-refractivity contribution in [3.05, 3.63) is 36.2 Å². The summed E-state index contributed by atoms with van der Waals surface area (Å²) in [6.45, 7) is 9.77. The Balaban J connectivity index is 1.21. The summed E-state index contributed by atoms with van der Waals surface area (Å²) in [5.41, 5.74) is 1.11. The zero-order valence-corrected chi connectivity index (χ0v) is 23.3. The number of para-hydroxylation sites is 2. The Kier molecular flexibility index (Phi) is 8.13. The van der Waals surface area contributed by atoms with Crippen molar-refractivity contribution in [1.82, 2.24) is 24.4 Å². The fourth-order valence-electron chi connectivity index (χ4n) is 6.40. The van der Waals surface area contributed by atoms with Crippen LogP contribution in [-0.2, 0) is 9.47 Å². The number of aromatic nitrogens is 4. The number of morpholine rings is 1. The molecule has 216 valence electrons. The molecule has 0 saturated carbocycles. The van der Waals surface area contributed by atoms with E-state index in [2.05, 4.69) is 29.0 Å². The van der Waals surface area contributed by atoms with Gasteiger partial charge in [-0.2, -0.15) is 9.97 Å². The van der Waals surface area contributed by atoms with Gasteiger partial charge in [-0.05, 0) is 70.7 Å². The second-order valence-corrected chi connectivity index (χ2v) is 11.3. The number of nitrogens with one attached hydrogen (secondary N) is 1. The molecule has 0 spiro atoms. The van der Waals surface area contributed by atoms with Gasteiger partial charge >= 0.3 is 0 Å². The highest BCUT2D eigenvalue weighted by molar-refractivity contribution is 5.78. The number of piperidine rings is 1. The maximum absolute atomic E-state index is 14.1. The SMILES string of the molecule is C[C@@H]1C[C@@H](N2CCC(CNc3cc(-n4c(C(F)F)nc5ccccc54)nc(N4CCOCC4)n3)CC2)C[C@H](C)O1. The first-order chi connectivity index (χ1) is 19.4. The summed E-state index contributed by atoms with van der Waals surface area (Å²) < 4.78 is 41.2. The van der Waals surface area contributed by atoms with Crippen LogP contribution in [0.2, 0.25) is 0 Å². The zero-order valence-electron chi connectivity index (χ0n) is 23.3. The van der Waals surface area contributed by atoms with Crippen molar-refractivity contribution >= 4 is 22.8 Å². The molecule has 40 heavy (non-hydrogen) atoms. The molecule has 5 heterocycles. The van der Waals surface area contributed by atoms with Crippen molar-refractivity contribution in [3.8, 4) is 5.82 Å². The predicted octanol–water partition coefficient (Wildman–Crippen LogP) is 4.67. The number of rotatable bonds is 7. The predicted molar refractivity (Wildman–Crippen MR) is 150 cm³/mol. The Morgan fingerprint density at radius 3 is 2.42 bits per heavy atom. The molecule has 1 N–H and O–H groups in total. The Morgan fingerprint density at radius 2 is 1.70 bits per heavy atom. The van der Waals surface area contributed by atoms with E-state index in [9.17, 15) is 8.78 Å². The van der Waals surface area contributed by atoms with Crippen molar-refractivity contribution < 1.29 is 18.3 Å². The molecule has 11 heteroatoms. The first-order valence-corrected chi connectivity index (χ1v) is 14.6. The molecule has 3 atom stereocenters. The largest absolute Gasteiger partial charge is 0.378 e. The lowest BCUT2D eigenvalue weighted by molar-refractivity contribution is -0.0693. The Labute approximate surface area is 233 Å². The molecule has 3 aliphatic rings. The zero-order chi connectivity index (χ0) is 27.6. The van der Waals surface area contributed by atoms with Crippen LogP contribution in [-0.4, -0.2) is 88.6 Å². The first kappa shape index (κ1) is 27.3. The van der Waals surface area contributed by atoms with E-state index in [0.717, 1.165) is 45.3 Å². The van der Waals surface area contributed by atoms with Gasteiger partial charge in [-0.3, -0.25) is 4.57 Å². The Bertz CT molecular complexity index is 1280. The molecule has 1 aromatic carbocycles. The summed E-state index contributed by atoms with van der Waals surface area (Å²) in [5, 5.41) is 3.53. The fraction of sp³-hybridized carbons (Fsp3) is 0.621.